The maximum atomic E-state index is 14.3. The van der Waals surface area contributed by atoms with Crippen LogP contribution >= 0.6 is 0 Å². The van der Waals surface area contributed by atoms with Crippen molar-refractivity contribution in [2.45, 2.75) is 12.6 Å². The van der Waals surface area contributed by atoms with Crippen molar-refractivity contribution in [2.75, 3.05) is 31.1 Å². The van der Waals surface area contributed by atoms with Crippen LogP contribution in [-0.4, -0.2) is 51.3 Å². The Labute approximate surface area is 183 Å². The highest BCUT2D eigenvalue weighted by molar-refractivity contribution is 5.48. The molecule has 0 aliphatic carbocycles. The van der Waals surface area contributed by atoms with Gasteiger partial charge in [0.2, 0.25) is 0 Å². The fourth-order valence-corrected chi connectivity index (χ4v) is 4.17. The Hall–Kier alpha value is -3.59. The summed E-state index contributed by atoms with van der Waals surface area (Å²) in [5.41, 5.74) is 1.49. The molecular weight excluding hydrogens is 414 g/mol. The summed E-state index contributed by atoms with van der Waals surface area (Å²) in [5, 5.41) is 12.4. The second-order valence-electron chi connectivity index (χ2n) is 7.70. The summed E-state index contributed by atoms with van der Waals surface area (Å²) in [6, 6.07) is 16.6. The number of halogens is 2. The molecule has 0 spiro atoms. The molecule has 5 rings (SSSR count). The standard InChI is InChI=1S/C23H22F2N6O/c24-18-9-7-17(8-10-18)22(23-26-27-28-31(23)16-19-4-3-15-32-19)30-13-11-29(12-14-30)21-6-2-1-5-20(21)25/h1-10,15,22H,11-14,16H2/t22-/m0/s1. The summed E-state index contributed by atoms with van der Waals surface area (Å²) in [6.07, 6.45) is 1.61. The first-order chi connectivity index (χ1) is 15.7. The number of para-hydroxylation sites is 1. The molecule has 3 heterocycles. The van der Waals surface area contributed by atoms with Gasteiger partial charge in [0.25, 0.3) is 0 Å². The number of tetrazole rings is 1. The number of piperazine rings is 1. The van der Waals surface area contributed by atoms with Gasteiger partial charge in [-0.25, -0.2) is 13.5 Å². The van der Waals surface area contributed by atoms with E-state index in [1.165, 1.54) is 18.2 Å². The first-order valence-electron chi connectivity index (χ1n) is 10.5. The molecule has 1 saturated heterocycles. The lowest BCUT2D eigenvalue weighted by molar-refractivity contribution is 0.200. The predicted octanol–water partition coefficient (Wildman–Crippen LogP) is 3.50. The number of aromatic nitrogens is 4. The third-order valence-corrected chi connectivity index (χ3v) is 5.75. The zero-order valence-corrected chi connectivity index (χ0v) is 17.3. The lowest BCUT2D eigenvalue weighted by Gasteiger charge is -2.40. The normalized spacial score (nSPS) is 15.8. The van der Waals surface area contributed by atoms with E-state index in [0.717, 1.165) is 11.3 Å². The van der Waals surface area contributed by atoms with Gasteiger partial charge in [-0.2, -0.15) is 0 Å². The molecule has 1 aliphatic rings. The van der Waals surface area contributed by atoms with Crippen molar-refractivity contribution >= 4 is 5.69 Å². The summed E-state index contributed by atoms with van der Waals surface area (Å²) < 4.78 is 35.1. The highest BCUT2D eigenvalue weighted by Crippen LogP contribution is 2.30. The highest BCUT2D eigenvalue weighted by atomic mass is 19.1. The Balaban J connectivity index is 1.43. The number of furan rings is 1. The molecule has 0 radical (unpaired) electrons. The number of benzene rings is 2. The minimum Gasteiger partial charge on any atom is -0.467 e. The number of hydrogen-bond acceptors (Lipinski definition) is 6. The third-order valence-electron chi connectivity index (χ3n) is 5.75. The smallest absolute Gasteiger partial charge is 0.173 e. The van der Waals surface area contributed by atoms with E-state index < -0.39 is 0 Å². The fraction of sp³-hybridized carbons (Fsp3) is 0.261. The second-order valence-corrected chi connectivity index (χ2v) is 7.70. The van der Waals surface area contributed by atoms with Crippen molar-refractivity contribution in [3.05, 3.63) is 95.7 Å². The molecule has 1 atom stereocenters. The van der Waals surface area contributed by atoms with Gasteiger partial charge in [-0.05, 0) is 52.4 Å². The number of nitrogens with zero attached hydrogens (tertiary/aromatic N) is 6. The Kier molecular flexibility index (Phi) is 5.64. The zero-order chi connectivity index (χ0) is 21.9. The van der Waals surface area contributed by atoms with Crippen LogP contribution in [0.25, 0.3) is 0 Å². The van der Waals surface area contributed by atoms with Gasteiger partial charge in [0.15, 0.2) is 5.82 Å². The Bertz CT molecular complexity index is 1150. The van der Waals surface area contributed by atoms with E-state index in [-0.39, 0.29) is 17.7 Å². The number of anilines is 1. The molecule has 9 heteroatoms. The van der Waals surface area contributed by atoms with Gasteiger partial charge < -0.3 is 9.32 Å². The van der Waals surface area contributed by atoms with Gasteiger partial charge in [-0.3, -0.25) is 4.90 Å². The van der Waals surface area contributed by atoms with Crippen molar-refractivity contribution in [1.82, 2.24) is 25.1 Å². The van der Waals surface area contributed by atoms with E-state index in [0.29, 0.717) is 44.2 Å². The van der Waals surface area contributed by atoms with E-state index in [1.807, 2.05) is 23.1 Å². The van der Waals surface area contributed by atoms with Gasteiger partial charge in [-0.15, -0.1) is 5.10 Å². The van der Waals surface area contributed by atoms with E-state index in [4.69, 9.17) is 4.42 Å². The van der Waals surface area contributed by atoms with Gasteiger partial charge in [0, 0.05) is 26.2 Å². The van der Waals surface area contributed by atoms with Gasteiger partial charge >= 0.3 is 0 Å². The quantitative estimate of drug-likeness (QED) is 0.461. The van der Waals surface area contributed by atoms with Crippen LogP contribution in [0.3, 0.4) is 0 Å². The average molecular weight is 436 g/mol. The predicted molar refractivity (Wildman–Crippen MR) is 114 cm³/mol. The van der Waals surface area contributed by atoms with Gasteiger partial charge in [0.05, 0.1) is 18.0 Å². The summed E-state index contributed by atoms with van der Waals surface area (Å²) in [4.78, 5) is 4.29. The molecule has 4 aromatic rings. The van der Waals surface area contributed by atoms with Crippen LogP contribution in [0.1, 0.15) is 23.2 Å². The Morgan fingerprint density at radius 1 is 0.906 bits per heavy atom. The molecule has 1 aliphatic heterocycles. The Morgan fingerprint density at radius 3 is 2.41 bits per heavy atom. The van der Waals surface area contributed by atoms with Crippen molar-refractivity contribution in [3.63, 3.8) is 0 Å². The van der Waals surface area contributed by atoms with Crippen molar-refractivity contribution < 1.29 is 13.2 Å². The monoisotopic (exact) mass is 436 g/mol. The first-order valence-corrected chi connectivity index (χ1v) is 10.5. The van der Waals surface area contributed by atoms with Crippen LogP contribution in [-0.2, 0) is 6.54 Å². The van der Waals surface area contributed by atoms with E-state index in [2.05, 4.69) is 20.4 Å². The highest BCUT2D eigenvalue weighted by Gasteiger charge is 2.31. The summed E-state index contributed by atoms with van der Waals surface area (Å²) in [7, 11) is 0. The van der Waals surface area contributed by atoms with Gasteiger partial charge in [0.1, 0.15) is 23.9 Å². The largest absolute Gasteiger partial charge is 0.467 e. The Morgan fingerprint density at radius 2 is 1.69 bits per heavy atom. The third kappa shape index (κ3) is 4.11. The summed E-state index contributed by atoms with van der Waals surface area (Å²) in [6.45, 7) is 3.03. The van der Waals surface area contributed by atoms with Crippen LogP contribution in [0.2, 0.25) is 0 Å². The lowest BCUT2D eigenvalue weighted by atomic mass is 10.0. The molecule has 1 fully saturated rings. The first kappa shape index (κ1) is 20.3. The van der Waals surface area contributed by atoms with Crippen LogP contribution in [0.4, 0.5) is 14.5 Å². The molecular formula is C23H22F2N6O. The molecule has 32 heavy (non-hydrogen) atoms. The molecule has 164 valence electrons. The second kappa shape index (κ2) is 8.88. The number of hydrogen-bond donors (Lipinski definition) is 0. The van der Waals surface area contributed by atoms with Crippen LogP contribution < -0.4 is 4.90 Å². The average Bonchev–Trinajstić information content (AvgIpc) is 3.49. The van der Waals surface area contributed by atoms with E-state index in [1.54, 1.807) is 35.2 Å². The molecule has 0 N–H and O–H groups in total. The molecule has 7 nitrogen and oxygen atoms in total. The van der Waals surface area contributed by atoms with Gasteiger partial charge in [-0.1, -0.05) is 24.3 Å². The van der Waals surface area contributed by atoms with E-state index >= 15 is 0 Å². The molecule has 0 unspecified atom stereocenters. The minimum absolute atomic E-state index is 0.224. The maximum Gasteiger partial charge on any atom is 0.173 e. The molecule has 0 bridgehead atoms. The van der Waals surface area contributed by atoms with Crippen LogP contribution in [0.15, 0.2) is 71.3 Å². The zero-order valence-electron chi connectivity index (χ0n) is 17.3. The SMILES string of the molecule is Fc1ccc([C@@H](c2nnnn2Cc2ccco2)N2CCN(c3ccccc3F)CC2)cc1. The number of rotatable bonds is 6. The van der Waals surface area contributed by atoms with Crippen LogP contribution in [0.5, 0.6) is 0 Å². The lowest BCUT2D eigenvalue weighted by Crippen LogP contribution is -2.48. The van der Waals surface area contributed by atoms with Crippen molar-refractivity contribution in [2.24, 2.45) is 0 Å². The molecule has 0 saturated carbocycles. The van der Waals surface area contributed by atoms with E-state index in [9.17, 15) is 8.78 Å². The molecule has 2 aromatic heterocycles. The summed E-state index contributed by atoms with van der Waals surface area (Å²) >= 11 is 0. The maximum absolute atomic E-state index is 14.3. The van der Waals surface area contributed by atoms with Crippen molar-refractivity contribution in [3.8, 4) is 0 Å². The topological polar surface area (TPSA) is 63.2 Å². The molecule has 0 amide bonds. The molecule has 2 aromatic carbocycles. The van der Waals surface area contributed by atoms with Crippen LogP contribution in [0, 0.1) is 11.6 Å². The minimum atomic E-state index is -0.299. The van der Waals surface area contributed by atoms with Crippen molar-refractivity contribution in [1.29, 1.82) is 0 Å². The fourth-order valence-electron chi connectivity index (χ4n) is 4.17. The summed E-state index contributed by atoms with van der Waals surface area (Å²) in [5.74, 6) is 0.860.